The van der Waals surface area contributed by atoms with Crippen molar-refractivity contribution in [1.82, 2.24) is 5.32 Å². The Kier molecular flexibility index (Phi) is 43.9. The van der Waals surface area contributed by atoms with E-state index in [0.29, 0.717) is 12.8 Å². The summed E-state index contributed by atoms with van der Waals surface area (Å²) in [7, 11) is -3.34. The van der Waals surface area contributed by atoms with Gasteiger partial charge in [0.1, 0.15) is 13.2 Å². The summed E-state index contributed by atoms with van der Waals surface area (Å²) < 4.78 is 42.6. The Morgan fingerprint density at radius 3 is 1.40 bits per heavy atom. The number of nitrogens with one attached hydrogen (secondary N) is 1. The summed E-state index contributed by atoms with van der Waals surface area (Å²) >= 11 is 0. The first kappa shape index (κ1) is 56.4. The molecule has 55 heavy (non-hydrogen) atoms. The summed E-state index contributed by atoms with van der Waals surface area (Å²) in [5.41, 5.74) is 0. The molecule has 0 aliphatic carbocycles. The summed E-state index contributed by atoms with van der Waals surface area (Å²) in [6.07, 6.45) is 29.6. The van der Waals surface area contributed by atoms with E-state index in [1.54, 1.807) is 0 Å². The van der Waals surface area contributed by atoms with E-state index in [0.717, 1.165) is 38.5 Å². The molecule has 0 aromatic carbocycles. The first-order valence-electron chi connectivity index (χ1n) is 21.6. The van der Waals surface area contributed by atoms with E-state index in [9.17, 15) is 23.8 Å². The van der Waals surface area contributed by atoms with Crippen molar-refractivity contribution in [3.63, 3.8) is 0 Å². The Morgan fingerprint density at radius 2 is 0.964 bits per heavy atom. The van der Waals surface area contributed by atoms with Crippen LogP contribution in [0.5, 0.6) is 0 Å². The molecule has 0 spiro atoms. The third-order valence-corrected chi connectivity index (χ3v) is 10.2. The van der Waals surface area contributed by atoms with E-state index in [1.807, 2.05) is 0 Å². The number of amides is 1. The van der Waals surface area contributed by atoms with Crippen molar-refractivity contribution in [1.29, 1.82) is 0 Å². The second-order valence-electron chi connectivity index (χ2n) is 14.4. The fourth-order valence-corrected chi connectivity index (χ4v) is 6.72. The molecule has 1 N–H and O–H groups in total. The number of hydrogen-bond acceptors (Lipinski definition) is 11. The Balaban J connectivity index is 0. The third-order valence-electron chi connectivity index (χ3n) is 9.26. The van der Waals surface area contributed by atoms with Gasteiger partial charge in [-0.3, -0.25) is 14.2 Å². The van der Waals surface area contributed by atoms with Gasteiger partial charge < -0.3 is 38.2 Å². The summed E-state index contributed by atoms with van der Waals surface area (Å²) in [5, 5.41) is 2.35. The van der Waals surface area contributed by atoms with Crippen molar-refractivity contribution >= 4 is 25.9 Å². The summed E-state index contributed by atoms with van der Waals surface area (Å²) in [6, 6.07) is 0. The van der Waals surface area contributed by atoms with Crippen molar-refractivity contribution in [3.8, 4) is 0 Å². The number of carbonyl (C=O) groups excluding carboxylic acids is 3. The zero-order valence-corrected chi connectivity index (χ0v) is 38.5. The second-order valence-corrected chi connectivity index (χ2v) is 15.8. The number of carbonyl (C=O) groups is 3. The largest absolute Gasteiger partial charge is 1.00 e. The van der Waals surface area contributed by atoms with E-state index in [2.05, 4.69) is 19.2 Å². The van der Waals surface area contributed by atoms with Crippen molar-refractivity contribution in [3.05, 3.63) is 0 Å². The summed E-state index contributed by atoms with van der Waals surface area (Å²) in [5.74, 6) is -0.933. The monoisotopic (exact) mass is 816 g/mol. The molecule has 14 heteroatoms. The van der Waals surface area contributed by atoms with Gasteiger partial charge in [-0.1, -0.05) is 168 Å². The number of methoxy groups -OCH3 is 1. The number of esters is 2. The SMILES string of the molecule is CCCCCCCCCCCCCCCC(=O)OCC(COP(=O)([O-])OCCNC(=O)OCCOC)OC(=O)CCCCCCCCCCCCCCC.[Na+]. The van der Waals surface area contributed by atoms with Crippen LogP contribution in [0, 0.1) is 0 Å². The van der Waals surface area contributed by atoms with Gasteiger partial charge in [0.2, 0.25) is 0 Å². The molecular formula is C41H79NNaO11P. The van der Waals surface area contributed by atoms with Crippen LogP contribution in [0.1, 0.15) is 194 Å². The second kappa shape index (κ2) is 42.9. The molecule has 0 aromatic rings. The molecule has 0 aliphatic heterocycles. The summed E-state index contributed by atoms with van der Waals surface area (Å²) in [4.78, 5) is 49.0. The predicted octanol–water partition coefficient (Wildman–Crippen LogP) is 7.28. The van der Waals surface area contributed by atoms with Crippen LogP contribution in [0.25, 0.3) is 0 Å². The molecule has 0 saturated heterocycles. The van der Waals surface area contributed by atoms with E-state index in [4.69, 9.17) is 28.0 Å². The average molecular weight is 816 g/mol. The number of ether oxygens (including phenoxy) is 4. The zero-order valence-electron chi connectivity index (χ0n) is 35.6. The van der Waals surface area contributed by atoms with Crippen LogP contribution in [0.2, 0.25) is 0 Å². The third kappa shape index (κ3) is 42.7. The van der Waals surface area contributed by atoms with Crippen molar-refractivity contribution in [2.24, 2.45) is 0 Å². The van der Waals surface area contributed by atoms with E-state index < -0.39 is 45.2 Å². The van der Waals surface area contributed by atoms with Gasteiger partial charge >= 0.3 is 47.6 Å². The summed E-state index contributed by atoms with van der Waals surface area (Å²) in [6.45, 7) is 3.33. The minimum atomic E-state index is -4.81. The molecule has 0 aromatic heterocycles. The van der Waals surface area contributed by atoms with Gasteiger partial charge in [-0.05, 0) is 12.8 Å². The number of unbranched alkanes of at least 4 members (excludes halogenated alkanes) is 24. The Hall–Kier alpha value is -0.720. The van der Waals surface area contributed by atoms with Crippen molar-refractivity contribution in [2.75, 3.05) is 46.7 Å². The van der Waals surface area contributed by atoms with Crippen LogP contribution in [0.3, 0.4) is 0 Å². The van der Waals surface area contributed by atoms with Crippen LogP contribution in [-0.2, 0) is 42.1 Å². The molecule has 2 unspecified atom stereocenters. The van der Waals surface area contributed by atoms with Gasteiger partial charge in [0.15, 0.2) is 6.10 Å². The normalized spacial score (nSPS) is 12.7. The molecule has 2 atom stereocenters. The molecule has 0 saturated carbocycles. The maximum Gasteiger partial charge on any atom is 1.00 e. The zero-order chi connectivity index (χ0) is 39.8. The van der Waals surface area contributed by atoms with Crippen LogP contribution in [-0.4, -0.2) is 70.8 Å². The van der Waals surface area contributed by atoms with E-state index in [-0.39, 0.29) is 68.8 Å². The van der Waals surface area contributed by atoms with Gasteiger partial charge in [0, 0.05) is 26.5 Å². The number of alkyl carbamates (subject to hydrolysis) is 1. The molecular weight excluding hydrogens is 736 g/mol. The number of hydrogen-bond donors (Lipinski definition) is 1. The molecule has 12 nitrogen and oxygen atoms in total. The van der Waals surface area contributed by atoms with Gasteiger partial charge in [-0.25, -0.2) is 4.79 Å². The van der Waals surface area contributed by atoms with E-state index in [1.165, 1.54) is 123 Å². The maximum absolute atomic E-state index is 12.6. The van der Waals surface area contributed by atoms with Crippen LogP contribution >= 0.6 is 7.82 Å². The fraction of sp³-hybridized carbons (Fsp3) is 0.927. The average Bonchev–Trinajstić information content (AvgIpc) is 3.15. The van der Waals surface area contributed by atoms with Gasteiger partial charge in [-0.15, -0.1) is 0 Å². The first-order chi connectivity index (χ1) is 26.2. The van der Waals surface area contributed by atoms with Gasteiger partial charge in [0.05, 0.1) is 19.8 Å². The standard InChI is InChI=1S/C41H80NO11P.Na/c1-4-6-8-10-12-14-16-18-20-22-24-26-28-30-39(43)50-36-38(37-52-54(46,47)51-33-32-42-41(45)49-35-34-48-3)53-40(44)31-29-27-25-23-21-19-17-15-13-11-9-7-5-2;/h38H,4-37H2,1-3H3,(H,42,45)(H,46,47);/q;+1/p-1. The number of rotatable bonds is 41. The van der Waals surface area contributed by atoms with Gasteiger partial charge in [-0.2, -0.15) is 0 Å². The maximum atomic E-state index is 12.6. The Bertz CT molecular complexity index is 931. The Labute approximate surface area is 357 Å². The smallest absolute Gasteiger partial charge is 0.756 e. The number of phosphoric acid groups is 1. The molecule has 0 aliphatic rings. The minimum Gasteiger partial charge on any atom is -0.756 e. The number of phosphoric ester groups is 1. The van der Waals surface area contributed by atoms with Gasteiger partial charge in [0.25, 0.3) is 7.82 Å². The molecule has 320 valence electrons. The van der Waals surface area contributed by atoms with E-state index >= 15 is 0 Å². The minimum absolute atomic E-state index is 0. The van der Waals surface area contributed by atoms with Crippen LogP contribution < -0.4 is 39.8 Å². The molecule has 0 rings (SSSR count). The molecule has 1 amide bonds. The van der Waals surface area contributed by atoms with Crippen molar-refractivity contribution < 1.29 is 81.4 Å². The Morgan fingerprint density at radius 1 is 0.545 bits per heavy atom. The van der Waals surface area contributed by atoms with Crippen LogP contribution in [0.15, 0.2) is 0 Å². The molecule has 0 fully saturated rings. The fourth-order valence-electron chi connectivity index (χ4n) is 5.98. The molecule has 0 bridgehead atoms. The van der Waals surface area contributed by atoms with Crippen LogP contribution in [0.4, 0.5) is 4.79 Å². The quantitative estimate of drug-likeness (QED) is 0.0217. The molecule has 0 radical (unpaired) electrons. The topological polar surface area (TPSA) is 159 Å². The predicted molar refractivity (Wildman–Crippen MR) is 212 cm³/mol. The first-order valence-corrected chi connectivity index (χ1v) is 23.0. The molecule has 0 heterocycles. The van der Waals surface area contributed by atoms with Crippen molar-refractivity contribution in [2.45, 2.75) is 200 Å².